The van der Waals surface area contributed by atoms with E-state index in [-0.39, 0.29) is 0 Å². The Morgan fingerprint density at radius 3 is 1.73 bits per heavy atom. The molecule has 0 aromatic carbocycles. The van der Waals surface area contributed by atoms with Gasteiger partial charge in [-0.15, -0.1) is 0 Å². The summed E-state index contributed by atoms with van der Waals surface area (Å²) in [5.41, 5.74) is 0.895. The van der Waals surface area contributed by atoms with Gasteiger partial charge < -0.3 is 0 Å². The molecule has 0 saturated carbocycles. The summed E-state index contributed by atoms with van der Waals surface area (Å²) in [6.45, 7) is 22.6. The van der Waals surface area contributed by atoms with E-state index in [4.69, 9.17) is 0 Å². The fourth-order valence-corrected chi connectivity index (χ4v) is 8.11. The molecule has 1 aliphatic heterocycles. The predicted molar refractivity (Wildman–Crippen MR) is 73.1 cm³/mol. The van der Waals surface area contributed by atoms with Gasteiger partial charge in [-0.25, -0.2) is 0 Å². The van der Waals surface area contributed by atoms with Crippen molar-refractivity contribution < 1.29 is 0 Å². The van der Waals surface area contributed by atoms with Crippen molar-refractivity contribution in [3.8, 4) is 0 Å². The highest BCUT2D eigenvalue weighted by molar-refractivity contribution is 6.80. The summed E-state index contributed by atoms with van der Waals surface area (Å²) in [5.74, 6) is 0.863. The van der Waals surface area contributed by atoms with Gasteiger partial charge in [0.15, 0.2) is 0 Å². The van der Waals surface area contributed by atoms with E-state index in [9.17, 15) is 0 Å². The molecular weight excluding hydrogens is 196 g/mol. The molecule has 1 atom stereocenters. The molecule has 0 spiro atoms. The summed E-state index contributed by atoms with van der Waals surface area (Å²) in [7, 11) is -1.11. The first-order chi connectivity index (χ1) is 6.38. The predicted octanol–water partition coefficient (Wildman–Crippen LogP) is 5.18. The SMILES string of the molecule is CC1C[Si](C)(C)C(C)(C)C(C)(C)C1(C)C. The summed E-state index contributed by atoms with van der Waals surface area (Å²) in [6.07, 6.45) is 0. The minimum absolute atomic E-state index is 0.438. The van der Waals surface area contributed by atoms with Crippen LogP contribution in [0.3, 0.4) is 0 Å². The lowest BCUT2D eigenvalue weighted by atomic mass is 9.56. The van der Waals surface area contributed by atoms with E-state index in [1.807, 2.05) is 0 Å². The maximum absolute atomic E-state index is 2.58. The van der Waals surface area contributed by atoms with Crippen LogP contribution < -0.4 is 0 Å². The zero-order valence-corrected chi connectivity index (χ0v) is 13.3. The Morgan fingerprint density at radius 1 is 0.933 bits per heavy atom. The number of rotatable bonds is 0. The molecule has 1 fully saturated rings. The van der Waals surface area contributed by atoms with Crippen LogP contribution >= 0.6 is 0 Å². The second-order valence-corrected chi connectivity index (χ2v) is 13.4. The summed E-state index contributed by atoms with van der Waals surface area (Å²) in [6, 6.07) is 1.48. The van der Waals surface area contributed by atoms with Gasteiger partial charge in [-0.3, -0.25) is 0 Å². The number of hydrogen-bond acceptors (Lipinski definition) is 0. The van der Waals surface area contributed by atoms with Gasteiger partial charge in [-0.2, -0.15) is 0 Å². The molecule has 15 heavy (non-hydrogen) atoms. The van der Waals surface area contributed by atoms with Gasteiger partial charge >= 0.3 is 0 Å². The molecule has 1 saturated heterocycles. The van der Waals surface area contributed by atoms with Crippen LogP contribution in [0.5, 0.6) is 0 Å². The smallest absolute Gasteiger partial charge is 0.0538 e. The van der Waals surface area contributed by atoms with Crippen molar-refractivity contribution in [1.29, 1.82) is 0 Å². The van der Waals surface area contributed by atoms with Crippen molar-refractivity contribution in [3.63, 3.8) is 0 Å². The molecule has 0 radical (unpaired) electrons. The zero-order valence-electron chi connectivity index (χ0n) is 12.3. The third-order valence-corrected chi connectivity index (χ3v) is 12.6. The van der Waals surface area contributed by atoms with Crippen molar-refractivity contribution in [2.75, 3.05) is 0 Å². The van der Waals surface area contributed by atoms with E-state index < -0.39 is 8.07 Å². The standard InChI is InChI=1S/C14H30Si/c1-11-10-15(8,9)14(6,7)13(4,5)12(11,2)3/h11H,10H2,1-9H3. The zero-order chi connectivity index (χ0) is 12.3. The fourth-order valence-electron chi connectivity index (χ4n) is 3.54. The van der Waals surface area contributed by atoms with Gasteiger partial charge in [0, 0.05) is 0 Å². The van der Waals surface area contributed by atoms with E-state index in [1.54, 1.807) is 0 Å². The molecule has 0 aliphatic carbocycles. The quantitative estimate of drug-likeness (QED) is 0.499. The monoisotopic (exact) mass is 226 g/mol. The van der Waals surface area contributed by atoms with E-state index in [2.05, 4.69) is 61.6 Å². The molecule has 0 nitrogen and oxygen atoms in total. The maximum atomic E-state index is 2.58. The Bertz CT molecular complexity index is 259. The molecule has 1 heterocycles. The van der Waals surface area contributed by atoms with Crippen LogP contribution in [0.25, 0.3) is 0 Å². The van der Waals surface area contributed by atoms with Crippen molar-refractivity contribution in [2.24, 2.45) is 16.7 Å². The highest BCUT2D eigenvalue weighted by Gasteiger charge is 2.61. The van der Waals surface area contributed by atoms with Crippen molar-refractivity contribution in [3.05, 3.63) is 0 Å². The lowest BCUT2D eigenvalue weighted by Gasteiger charge is -2.65. The van der Waals surface area contributed by atoms with Gasteiger partial charge in [0.05, 0.1) is 8.07 Å². The minimum atomic E-state index is -1.11. The van der Waals surface area contributed by atoms with Crippen LogP contribution in [0, 0.1) is 16.7 Å². The van der Waals surface area contributed by atoms with Gasteiger partial charge in [0.25, 0.3) is 0 Å². The summed E-state index contributed by atoms with van der Waals surface area (Å²) in [4.78, 5) is 0. The third-order valence-electron chi connectivity index (χ3n) is 6.91. The van der Waals surface area contributed by atoms with Crippen LogP contribution in [0.15, 0.2) is 0 Å². The van der Waals surface area contributed by atoms with Gasteiger partial charge in [0.2, 0.25) is 0 Å². The molecule has 0 N–H and O–H groups in total. The molecule has 0 aromatic heterocycles. The number of hydrogen-bond donors (Lipinski definition) is 0. The largest absolute Gasteiger partial charge is 0.0689 e. The summed E-state index contributed by atoms with van der Waals surface area (Å²) in [5, 5.41) is 0.524. The van der Waals surface area contributed by atoms with Crippen LogP contribution in [0.2, 0.25) is 24.2 Å². The molecule has 90 valence electrons. The Balaban J connectivity index is 3.30. The van der Waals surface area contributed by atoms with Crippen LogP contribution in [-0.4, -0.2) is 8.07 Å². The van der Waals surface area contributed by atoms with E-state index >= 15 is 0 Å². The maximum Gasteiger partial charge on any atom is 0.0538 e. The third kappa shape index (κ3) is 1.45. The normalized spacial score (nSPS) is 36.2. The summed E-state index contributed by atoms with van der Waals surface area (Å²) < 4.78 is 0. The molecule has 0 bridgehead atoms. The van der Waals surface area contributed by atoms with Crippen LogP contribution in [0.1, 0.15) is 48.5 Å². The lowest BCUT2D eigenvalue weighted by molar-refractivity contribution is 0.00101. The first-order valence-electron chi connectivity index (χ1n) is 6.38. The molecular formula is C14H30Si. The van der Waals surface area contributed by atoms with Crippen molar-refractivity contribution in [1.82, 2.24) is 0 Å². The van der Waals surface area contributed by atoms with Gasteiger partial charge in [0.1, 0.15) is 0 Å². The molecule has 0 aromatic rings. The fraction of sp³-hybridized carbons (Fsp3) is 1.00. The van der Waals surface area contributed by atoms with E-state index in [0.717, 1.165) is 5.92 Å². The Hall–Kier alpha value is 0.217. The Kier molecular flexibility index (Phi) is 2.76. The first kappa shape index (κ1) is 13.3. The second kappa shape index (κ2) is 3.12. The molecule has 1 unspecified atom stereocenters. The first-order valence-corrected chi connectivity index (χ1v) is 9.58. The van der Waals surface area contributed by atoms with E-state index in [0.29, 0.717) is 15.9 Å². The highest BCUT2D eigenvalue weighted by atomic mass is 28.3. The molecule has 0 amide bonds. The van der Waals surface area contributed by atoms with E-state index in [1.165, 1.54) is 6.04 Å². The van der Waals surface area contributed by atoms with Crippen LogP contribution in [-0.2, 0) is 0 Å². The Morgan fingerprint density at radius 2 is 1.33 bits per heavy atom. The average Bonchev–Trinajstić information content (AvgIpc) is 2.00. The average molecular weight is 226 g/mol. The summed E-state index contributed by atoms with van der Waals surface area (Å²) >= 11 is 0. The second-order valence-electron chi connectivity index (χ2n) is 7.96. The minimum Gasteiger partial charge on any atom is -0.0689 e. The Labute approximate surface area is 97.9 Å². The van der Waals surface area contributed by atoms with Crippen molar-refractivity contribution >= 4 is 8.07 Å². The molecule has 1 heteroatoms. The molecule has 1 aliphatic rings. The highest BCUT2D eigenvalue weighted by Crippen LogP contribution is 2.68. The lowest BCUT2D eigenvalue weighted by Crippen LogP contribution is -2.60. The van der Waals surface area contributed by atoms with Gasteiger partial charge in [-0.1, -0.05) is 67.6 Å². The topological polar surface area (TPSA) is 0 Å². The molecule has 1 rings (SSSR count). The van der Waals surface area contributed by atoms with Crippen molar-refractivity contribution in [2.45, 2.75) is 72.6 Å². The van der Waals surface area contributed by atoms with Crippen LogP contribution in [0.4, 0.5) is 0 Å². The van der Waals surface area contributed by atoms with Gasteiger partial charge in [-0.05, 0) is 21.8 Å².